The average molecular weight is 536 g/mol. The molecule has 4 aromatic rings. The minimum absolute atomic E-state index is 0.0581. The van der Waals surface area contributed by atoms with Crippen molar-refractivity contribution in [1.82, 2.24) is 9.88 Å². The molecule has 9 heteroatoms. The van der Waals surface area contributed by atoms with Crippen LogP contribution in [-0.4, -0.2) is 31.6 Å². The Morgan fingerprint density at radius 2 is 1.73 bits per heavy atom. The molecule has 0 bridgehead atoms. The largest absolute Gasteiger partial charge is 0.507 e. The Labute approximate surface area is 230 Å². The molecule has 0 saturated carbocycles. The van der Waals surface area contributed by atoms with Gasteiger partial charge in [-0.3, -0.25) is 24.7 Å². The summed E-state index contributed by atoms with van der Waals surface area (Å²) in [6.07, 6.45) is 3.18. The smallest absolute Gasteiger partial charge is 0.295 e. The number of benzene rings is 3. The fourth-order valence-electron chi connectivity index (χ4n) is 4.65. The molecule has 3 aromatic carbocycles. The number of nitrogens with zero attached hydrogens (tertiary/aromatic N) is 3. The van der Waals surface area contributed by atoms with Crippen LogP contribution in [0.4, 0.5) is 5.69 Å². The summed E-state index contributed by atoms with van der Waals surface area (Å²) in [4.78, 5) is 42.6. The van der Waals surface area contributed by atoms with Crippen molar-refractivity contribution < 1.29 is 24.4 Å². The number of nitro groups is 1. The van der Waals surface area contributed by atoms with E-state index in [4.69, 9.17) is 4.74 Å². The van der Waals surface area contributed by atoms with Crippen molar-refractivity contribution in [3.63, 3.8) is 0 Å². The van der Waals surface area contributed by atoms with Gasteiger partial charge in [-0.25, -0.2) is 0 Å². The van der Waals surface area contributed by atoms with E-state index < -0.39 is 22.7 Å². The summed E-state index contributed by atoms with van der Waals surface area (Å²) in [6.45, 7) is 2.44. The Bertz CT molecular complexity index is 1600. The maximum atomic E-state index is 13.3. The lowest BCUT2D eigenvalue weighted by atomic mass is 9.95. The summed E-state index contributed by atoms with van der Waals surface area (Å²) in [5.74, 6) is -1.40. The maximum Gasteiger partial charge on any atom is 0.295 e. The molecule has 200 valence electrons. The number of aliphatic hydroxyl groups excluding tert-OH is 1. The molecule has 1 aromatic heterocycles. The predicted molar refractivity (Wildman–Crippen MR) is 147 cm³/mol. The number of hydrogen-bond acceptors (Lipinski definition) is 7. The van der Waals surface area contributed by atoms with Crippen LogP contribution in [0.3, 0.4) is 0 Å². The minimum Gasteiger partial charge on any atom is -0.507 e. The third-order valence-electron chi connectivity index (χ3n) is 6.82. The molecule has 1 atom stereocenters. The fourth-order valence-corrected chi connectivity index (χ4v) is 4.65. The van der Waals surface area contributed by atoms with Crippen LogP contribution in [0.25, 0.3) is 5.76 Å². The van der Waals surface area contributed by atoms with E-state index in [-0.39, 0.29) is 23.6 Å². The second-order valence-electron chi connectivity index (χ2n) is 9.38. The van der Waals surface area contributed by atoms with Gasteiger partial charge >= 0.3 is 0 Å². The van der Waals surface area contributed by atoms with Crippen LogP contribution in [0.15, 0.2) is 103 Å². The third kappa shape index (κ3) is 5.30. The van der Waals surface area contributed by atoms with Crippen molar-refractivity contribution in [2.24, 2.45) is 0 Å². The van der Waals surface area contributed by atoms with Gasteiger partial charge in [-0.2, -0.15) is 0 Å². The number of rotatable bonds is 8. The number of aromatic nitrogens is 1. The van der Waals surface area contributed by atoms with Gasteiger partial charge in [-0.1, -0.05) is 30.3 Å². The molecule has 1 amide bonds. The number of ether oxygens (including phenoxy) is 1. The van der Waals surface area contributed by atoms with Crippen molar-refractivity contribution in [3.8, 4) is 5.75 Å². The first kappa shape index (κ1) is 26.3. The number of carbonyl (C=O) groups is 2. The van der Waals surface area contributed by atoms with Gasteiger partial charge in [0.1, 0.15) is 18.1 Å². The van der Waals surface area contributed by atoms with Crippen LogP contribution >= 0.6 is 0 Å². The lowest BCUT2D eigenvalue weighted by Crippen LogP contribution is -2.29. The Kier molecular flexibility index (Phi) is 7.37. The Balaban J connectivity index is 1.49. The Morgan fingerprint density at radius 3 is 2.38 bits per heavy atom. The summed E-state index contributed by atoms with van der Waals surface area (Å²) >= 11 is 0. The monoisotopic (exact) mass is 535 g/mol. The minimum atomic E-state index is -0.960. The van der Waals surface area contributed by atoms with E-state index in [0.717, 1.165) is 11.1 Å². The lowest BCUT2D eigenvalue weighted by Gasteiger charge is -2.25. The molecule has 1 aliphatic rings. The number of hydrogen-bond donors (Lipinski definition) is 1. The van der Waals surface area contributed by atoms with Gasteiger partial charge in [-0.05, 0) is 71.6 Å². The van der Waals surface area contributed by atoms with Gasteiger partial charge in [0.2, 0.25) is 0 Å². The third-order valence-corrected chi connectivity index (χ3v) is 6.82. The van der Waals surface area contributed by atoms with E-state index in [9.17, 15) is 24.8 Å². The lowest BCUT2D eigenvalue weighted by molar-refractivity contribution is -0.384. The second kappa shape index (κ2) is 11.2. The van der Waals surface area contributed by atoms with Crippen molar-refractivity contribution in [3.05, 3.63) is 141 Å². The molecule has 1 unspecified atom stereocenters. The number of Topliss-reactive ketones (excluding diaryl/α,β-unsaturated/α-hetero) is 1. The number of aliphatic hydroxyl groups is 1. The zero-order valence-corrected chi connectivity index (χ0v) is 21.6. The molecule has 9 nitrogen and oxygen atoms in total. The maximum absolute atomic E-state index is 13.3. The van der Waals surface area contributed by atoms with Crippen molar-refractivity contribution in [2.75, 3.05) is 0 Å². The summed E-state index contributed by atoms with van der Waals surface area (Å²) in [7, 11) is 0. The van der Waals surface area contributed by atoms with Gasteiger partial charge < -0.3 is 14.7 Å². The Morgan fingerprint density at radius 1 is 1.00 bits per heavy atom. The number of pyridine rings is 1. The number of nitro benzene ring substituents is 1. The number of amides is 1. The van der Waals surface area contributed by atoms with Crippen molar-refractivity contribution in [2.45, 2.75) is 26.1 Å². The molecule has 0 aliphatic carbocycles. The van der Waals surface area contributed by atoms with Gasteiger partial charge in [0.05, 0.1) is 16.5 Å². The second-order valence-corrected chi connectivity index (χ2v) is 9.38. The zero-order chi connectivity index (χ0) is 28.2. The van der Waals surface area contributed by atoms with E-state index in [0.29, 0.717) is 29.0 Å². The number of non-ortho nitro benzene ring substituents is 1. The summed E-state index contributed by atoms with van der Waals surface area (Å²) in [5, 5.41) is 22.5. The van der Waals surface area contributed by atoms with Crippen LogP contribution in [0.5, 0.6) is 5.75 Å². The van der Waals surface area contributed by atoms with Gasteiger partial charge in [0, 0.05) is 36.6 Å². The normalized spacial score (nSPS) is 16.2. The van der Waals surface area contributed by atoms with Crippen LogP contribution in [0, 0.1) is 17.0 Å². The Hall–Kier alpha value is -5.31. The first-order valence-corrected chi connectivity index (χ1v) is 12.5. The van der Waals surface area contributed by atoms with Crippen LogP contribution < -0.4 is 4.74 Å². The summed E-state index contributed by atoms with van der Waals surface area (Å²) < 4.78 is 5.89. The molecule has 40 heavy (non-hydrogen) atoms. The number of ketones is 1. The molecular weight excluding hydrogens is 510 g/mol. The van der Waals surface area contributed by atoms with Gasteiger partial charge in [0.25, 0.3) is 17.4 Å². The fraction of sp³-hybridized carbons (Fsp3) is 0.129. The quantitative estimate of drug-likeness (QED) is 0.104. The highest BCUT2D eigenvalue weighted by Crippen LogP contribution is 2.40. The molecule has 1 fully saturated rings. The zero-order valence-electron chi connectivity index (χ0n) is 21.6. The molecular formula is C31H25N3O6. The SMILES string of the molecule is Cc1ccccc1COc1ccc(C(O)=C2C(=O)C(=O)N(Cc3cccnc3)C2c2ccc([N+](=O)[O-])cc2)cc1. The van der Waals surface area contributed by atoms with Gasteiger partial charge in [0.15, 0.2) is 0 Å². The predicted octanol–water partition coefficient (Wildman–Crippen LogP) is 5.50. The van der Waals surface area contributed by atoms with Crippen LogP contribution in [-0.2, 0) is 22.7 Å². The highest BCUT2D eigenvalue weighted by molar-refractivity contribution is 6.46. The summed E-state index contributed by atoms with van der Waals surface area (Å²) in [5.41, 5.74) is 3.39. The number of carbonyl (C=O) groups excluding carboxylic acids is 2. The van der Waals surface area contributed by atoms with E-state index in [1.165, 1.54) is 29.2 Å². The standard InChI is InChI=1S/C31H25N3O6/c1-20-5-2-3-7-24(20)19-40-26-14-10-23(11-15-26)29(35)27-28(22-8-12-25(13-9-22)34(38)39)33(31(37)30(27)36)18-21-6-4-16-32-17-21/h2-17,28,35H,18-19H2,1H3. The highest BCUT2D eigenvalue weighted by atomic mass is 16.6. The molecule has 1 N–H and O–H groups in total. The molecule has 5 rings (SSSR count). The summed E-state index contributed by atoms with van der Waals surface area (Å²) in [6, 6.07) is 22.6. The number of aryl methyl sites for hydroxylation is 1. The van der Waals surface area contributed by atoms with Gasteiger partial charge in [-0.15, -0.1) is 0 Å². The average Bonchev–Trinajstić information content (AvgIpc) is 3.22. The highest BCUT2D eigenvalue weighted by Gasteiger charge is 2.46. The van der Waals surface area contributed by atoms with E-state index >= 15 is 0 Å². The first-order chi connectivity index (χ1) is 19.3. The van der Waals surface area contributed by atoms with E-state index in [1.807, 2.05) is 31.2 Å². The van der Waals surface area contributed by atoms with Crippen molar-refractivity contribution in [1.29, 1.82) is 0 Å². The molecule has 2 heterocycles. The molecule has 0 spiro atoms. The first-order valence-electron chi connectivity index (χ1n) is 12.5. The number of likely N-dealkylation sites (tertiary alicyclic amines) is 1. The van der Waals surface area contributed by atoms with E-state index in [1.54, 1.807) is 48.8 Å². The molecule has 1 saturated heterocycles. The van der Waals surface area contributed by atoms with E-state index in [2.05, 4.69) is 4.98 Å². The van der Waals surface area contributed by atoms with Crippen molar-refractivity contribution >= 4 is 23.1 Å². The topological polar surface area (TPSA) is 123 Å². The molecule has 1 aliphatic heterocycles. The molecule has 0 radical (unpaired) electrons. The van der Waals surface area contributed by atoms with Crippen LogP contribution in [0.1, 0.15) is 33.9 Å². The van der Waals surface area contributed by atoms with Crippen LogP contribution in [0.2, 0.25) is 0 Å².